The number of carbonyl (C=O) groups is 1. The van der Waals surface area contributed by atoms with Crippen LogP contribution in [-0.4, -0.2) is 17.5 Å². The quantitative estimate of drug-likeness (QED) is 0.0548. The van der Waals surface area contributed by atoms with Gasteiger partial charge in [0.1, 0.15) is 16.9 Å². The zero-order valence-corrected chi connectivity index (χ0v) is 26.4. The summed E-state index contributed by atoms with van der Waals surface area (Å²) in [5, 5.41) is 2.13. The molecule has 0 aliphatic heterocycles. The van der Waals surface area contributed by atoms with E-state index in [0.29, 0.717) is 62.6 Å². The average Bonchev–Trinajstić information content (AvgIpc) is 3.06. The number of aldehydes is 1. The maximum absolute atomic E-state index is 13.7. The van der Waals surface area contributed by atoms with Gasteiger partial charge in [-0.25, -0.2) is 0 Å². The van der Waals surface area contributed by atoms with Crippen molar-refractivity contribution in [2.24, 2.45) is 0 Å². The molecule has 254 valence electrons. The Labute approximate surface area is 278 Å². The Kier molecular flexibility index (Phi) is 7.72. The Hall–Kier alpha value is -5.65. The average molecular weight is 690 g/mol. The molecule has 0 saturated carbocycles. The fraction of sp³-hybridized carbons (Fsp3) is 0.184. The molecule has 0 spiro atoms. The first kappa shape index (κ1) is 32.9. The number of aryl methyl sites for hydroxylation is 2. The van der Waals surface area contributed by atoms with E-state index in [1.165, 1.54) is 18.2 Å². The molecule has 0 N–H and O–H groups in total. The van der Waals surface area contributed by atoms with Gasteiger partial charge in [-0.2, -0.15) is 26.3 Å². The van der Waals surface area contributed by atoms with Crippen molar-refractivity contribution in [1.82, 2.24) is 4.57 Å². The lowest BCUT2D eigenvalue weighted by Crippen LogP contribution is -2.33. The summed E-state index contributed by atoms with van der Waals surface area (Å²) < 4.78 is 94.6. The van der Waals surface area contributed by atoms with Gasteiger partial charge in [-0.3, -0.25) is 19.0 Å². The topological polar surface area (TPSA) is 78.5 Å². The van der Waals surface area contributed by atoms with Crippen molar-refractivity contribution in [3.8, 4) is 16.9 Å². The van der Waals surface area contributed by atoms with E-state index in [4.69, 9.17) is 9.15 Å². The van der Waals surface area contributed by atoms with E-state index in [1.54, 1.807) is 50.2 Å². The number of ether oxygens (including phenoxy) is 1. The van der Waals surface area contributed by atoms with Gasteiger partial charge in [0.2, 0.25) is 0 Å². The molecule has 0 bridgehead atoms. The van der Waals surface area contributed by atoms with Crippen LogP contribution in [0.5, 0.6) is 5.75 Å². The van der Waals surface area contributed by atoms with Crippen molar-refractivity contribution < 1.29 is 40.3 Å². The van der Waals surface area contributed by atoms with Crippen molar-refractivity contribution in [2.45, 2.75) is 39.2 Å². The normalized spacial score (nSPS) is 12.5. The fourth-order valence-corrected chi connectivity index (χ4v) is 6.58. The lowest BCUT2D eigenvalue weighted by molar-refractivity contribution is -0.143. The van der Waals surface area contributed by atoms with Gasteiger partial charge >= 0.3 is 12.4 Å². The molecule has 0 atom stereocenters. The molecule has 0 aliphatic carbocycles. The van der Waals surface area contributed by atoms with Crippen LogP contribution in [0.25, 0.3) is 54.6 Å². The minimum atomic E-state index is -5.01. The Bertz CT molecular complexity index is 2530. The summed E-state index contributed by atoms with van der Waals surface area (Å²) in [6.07, 6.45) is -8.92. The van der Waals surface area contributed by atoms with E-state index in [9.17, 15) is 40.7 Å². The number of carbonyl (C=O) groups excluding carboxylic acids is 1. The molecule has 2 aromatic heterocycles. The van der Waals surface area contributed by atoms with Crippen molar-refractivity contribution >= 4 is 49.8 Å². The van der Waals surface area contributed by atoms with Crippen LogP contribution < -0.4 is 15.9 Å². The van der Waals surface area contributed by atoms with Crippen LogP contribution in [0.3, 0.4) is 0 Å². The third-order valence-electron chi connectivity index (χ3n) is 8.96. The summed E-state index contributed by atoms with van der Waals surface area (Å²) in [7, 11) is 0. The molecule has 0 radical (unpaired) electrons. The van der Waals surface area contributed by atoms with Crippen LogP contribution in [0, 0.1) is 13.8 Å². The maximum Gasteiger partial charge on any atom is 0.416 e. The summed E-state index contributed by atoms with van der Waals surface area (Å²) in [5.74, 6) is 0.559. The van der Waals surface area contributed by atoms with Gasteiger partial charge in [0.05, 0.1) is 17.7 Å². The van der Waals surface area contributed by atoms with Gasteiger partial charge in [-0.05, 0) is 109 Å². The minimum absolute atomic E-state index is 0.0616. The summed E-state index contributed by atoms with van der Waals surface area (Å²) in [5.41, 5.74) is -1.39. The van der Waals surface area contributed by atoms with Gasteiger partial charge in [-0.15, -0.1) is 0 Å². The van der Waals surface area contributed by atoms with Gasteiger partial charge in [0.15, 0.2) is 6.29 Å². The predicted octanol–water partition coefficient (Wildman–Crippen LogP) is 9.46. The first-order chi connectivity index (χ1) is 23.7. The number of benzene rings is 5. The van der Waals surface area contributed by atoms with Gasteiger partial charge in [-0.1, -0.05) is 12.1 Å². The summed E-state index contributed by atoms with van der Waals surface area (Å²) in [6, 6.07) is 15.5. The molecule has 5 aromatic carbocycles. The number of nitrogens with zero attached hydrogens (tertiary/aromatic N) is 1. The van der Waals surface area contributed by atoms with Crippen LogP contribution in [0.1, 0.15) is 39.0 Å². The number of pyridine rings is 1. The maximum atomic E-state index is 13.7. The van der Waals surface area contributed by atoms with Crippen LogP contribution in [0.4, 0.5) is 26.3 Å². The predicted molar refractivity (Wildman–Crippen MR) is 177 cm³/mol. The molecule has 0 amide bonds. The molecular weight excluding hydrogens is 664 g/mol. The molecule has 0 aliphatic rings. The lowest BCUT2D eigenvalue weighted by atomic mass is 9.94. The Morgan fingerprint density at radius 2 is 1.26 bits per heavy atom. The van der Waals surface area contributed by atoms with Crippen molar-refractivity contribution in [1.29, 1.82) is 0 Å². The number of hydrogen-bond acceptors (Lipinski definition) is 5. The van der Waals surface area contributed by atoms with Crippen molar-refractivity contribution in [2.75, 3.05) is 6.61 Å². The second-order valence-corrected chi connectivity index (χ2v) is 12.2. The van der Waals surface area contributed by atoms with E-state index in [-0.39, 0.29) is 41.1 Å². The fourth-order valence-electron chi connectivity index (χ4n) is 6.58. The third-order valence-corrected chi connectivity index (χ3v) is 8.96. The van der Waals surface area contributed by atoms with Crippen molar-refractivity contribution in [3.63, 3.8) is 0 Å². The number of fused-ring (bicyclic) bond motifs is 2. The van der Waals surface area contributed by atoms with Gasteiger partial charge < -0.3 is 9.15 Å². The molecule has 0 unspecified atom stereocenters. The monoisotopic (exact) mass is 689 g/mol. The Morgan fingerprint density at radius 1 is 0.680 bits per heavy atom. The molecule has 50 heavy (non-hydrogen) atoms. The van der Waals surface area contributed by atoms with Crippen LogP contribution in [0.2, 0.25) is 0 Å². The SMILES string of the molecule is Cc1cc(OCCCn2c(=O)c3ccc4oc5ccc(-c6cc(C(F)(F)F)cc(C(F)(F)F)c6)cc5c5ccc(c2=O)c3c45)cc(C)c1C=O. The summed E-state index contributed by atoms with van der Waals surface area (Å²) in [4.78, 5) is 38.7. The second kappa shape index (κ2) is 11.7. The highest BCUT2D eigenvalue weighted by Crippen LogP contribution is 2.41. The standard InChI is InChI=1S/C38H25F6NO5/c1-19-12-25(13-20(2)30(19)18-46)49-11-3-10-45-35(47)27-6-5-26-29-16-21(22-14-23(37(39,40)41)17-24(15-22)38(42,43)44)4-8-31(29)50-32-9-7-28(36(45)48)33(27)34(26)32/h4-9,12-18H,3,10-11H2,1-2H3. The van der Waals surface area contributed by atoms with E-state index in [1.807, 2.05) is 0 Å². The lowest BCUT2D eigenvalue weighted by Gasteiger charge is -2.16. The Balaban J connectivity index is 1.29. The highest BCUT2D eigenvalue weighted by Gasteiger charge is 2.37. The van der Waals surface area contributed by atoms with Crippen molar-refractivity contribution in [3.05, 3.63) is 121 Å². The molecular formula is C38H25F6NO5. The largest absolute Gasteiger partial charge is 0.494 e. The molecule has 6 nitrogen and oxygen atoms in total. The molecule has 0 fully saturated rings. The van der Waals surface area contributed by atoms with E-state index in [0.717, 1.165) is 22.0 Å². The zero-order chi connectivity index (χ0) is 35.7. The smallest absolute Gasteiger partial charge is 0.416 e. The van der Waals surface area contributed by atoms with Gasteiger partial charge in [0, 0.05) is 39.0 Å². The zero-order valence-electron chi connectivity index (χ0n) is 26.4. The van der Waals surface area contributed by atoms with Crippen LogP contribution in [-0.2, 0) is 18.9 Å². The molecule has 7 rings (SSSR count). The van der Waals surface area contributed by atoms with Crippen LogP contribution >= 0.6 is 0 Å². The second-order valence-electron chi connectivity index (χ2n) is 12.2. The molecule has 7 aromatic rings. The van der Waals surface area contributed by atoms with E-state index in [2.05, 4.69) is 0 Å². The highest BCUT2D eigenvalue weighted by molar-refractivity contribution is 6.26. The summed E-state index contributed by atoms with van der Waals surface area (Å²) >= 11 is 0. The van der Waals surface area contributed by atoms with E-state index >= 15 is 0 Å². The Morgan fingerprint density at radius 3 is 1.86 bits per heavy atom. The number of hydrogen-bond donors (Lipinski definition) is 0. The van der Waals surface area contributed by atoms with E-state index < -0.39 is 34.6 Å². The highest BCUT2D eigenvalue weighted by atomic mass is 19.4. The first-order valence-electron chi connectivity index (χ1n) is 15.4. The molecule has 2 heterocycles. The first-order valence-corrected chi connectivity index (χ1v) is 15.4. The summed E-state index contributed by atoms with van der Waals surface area (Å²) in [6.45, 7) is 3.86. The van der Waals surface area contributed by atoms with Gasteiger partial charge in [0.25, 0.3) is 11.1 Å². The number of alkyl halides is 6. The number of halogens is 6. The molecule has 12 heteroatoms. The van der Waals surface area contributed by atoms with Crippen LogP contribution in [0.15, 0.2) is 86.8 Å². The number of aromatic nitrogens is 1. The number of rotatable bonds is 7. The molecule has 0 saturated heterocycles. The third kappa shape index (κ3) is 5.54. The minimum Gasteiger partial charge on any atom is -0.494 e.